The van der Waals surface area contributed by atoms with Gasteiger partial charge in [-0.3, -0.25) is 0 Å². The number of aliphatic hydroxyl groups is 1. The van der Waals surface area contributed by atoms with Gasteiger partial charge in [0.05, 0.1) is 17.8 Å². The fourth-order valence-electron chi connectivity index (χ4n) is 1.81. The van der Waals surface area contributed by atoms with Gasteiger partial charge in [0.2, 0.25) is 5.89 Å². The molecule has 108 valence electrons. The summed E-state index contributed by atoms with van der Waals surface area (Å²) in [4.78, 5) is 5.54. The van der Waals surface area contributed by atoms with Crippen LogP contribution < -0.4 is 0 Å². The molecule has 0 aliphatic rings. The maximum Gasteiger partial charge on any atom is 0.232 e. The van der Waals surface area contributed by atoms with Gasteiger partial charge in [0, 0.05) is 4.90 Å². The third-order valence-corrected chi connectivity index (χ3v) is 4.27. The Labute approximate surface area is 123 Å². The Hall–Kier alpha value is -1.33. The van der Waals surface area contributed by atoms with E-state index < -0.39 is 6.10 Å². The molecule has 0 aliphatic heterocycles. The van der Waals surface area contributed by atoms with Gasteiger partial charge >= 0.3 is 0 Å². The van der Waals surface area contributed by atoms with Crippen LogP contribution in [0.1, 0.15) is 43.5 Å². The third-order valence-electron chi connectivity index (χ3n) is 3.26. The minimum atomic E-state index is -0.437. The summed E-state index contributed by atoms with van der Waals surface area (Å²) in [6, 6.07) is 8.35. The first kappa shape index (κ1) is 15.1. The summed E-state index contributed by atoms with van der Waals surface area (Å²) in [5, 5.41) is 13.8. The lowest BCUT2D eigenvalue weighted by atomic mass is 10.0. The highest BCUT2D eigenvalue weighted by Gasteiger charge is 2.20. The highest BCUT2D eigenvalue weighted by molar-refractivity contribution is 7.98. The van der Waals surface area contributed by atoms with E-state index in [1.54, 1.807) is 11.8 Å². The van der Waals surface area contributed by atoms with E-state index in [-0.39, 0.29) is 5.92 Å². The molecule has 4 nitrogen and oxygen atoms in total. The lowest BCUT2D eigenvalue weighted by Gasteiger charge is -2.11. The second-order valence-corrected chi connectivity index (χ2v) is 5.96. The van der Waals surface area contributed by atoms with Crippen LogP contribution in [-0.4, -0.2) is 21.4 Å². The standard InChI is InChI=1S/C15H20N2O2S/c1-4-13(18)11(3)15-16-14(17-19-15)9-20-12-7-5-10(2)6-8-12/h5-8,11,13,18H,4,9H2,1-3H3. The van der Waals surface area contributed by atoms with Gasteiger partial charge in [-0.05, 0) is 25.5 Å². The molecule has 0 spiro atoms. The molecule has 0 fully saturated rings. The minimum absolute atomic E-state index is 0.120. The number of aromatic nitrogens is 2. The van der Waals surface area contributed by atoms with Gasteiger partial charge in [0.15, 0.2) is 5.82 Å². The predicted molar refractivity (Wildman–Crippen MR) is 79.8 cm³/mol. The van der Waals surface area contributed by atoms with Gasteiger partial charge in [-0.15, -0.1) is 11.8 Å². The van der Waals surface area contributed by atoms with Crippen LogP contribution in [0.2, 0.25) is 0 Å². The van der Waals surface area contributed by atoms with E-state index in [2.05, 4.69) is 41.3 Å². The molecule has 0 bridgehead atoms. The van der Waals surface area contributed by atoms with Crippen LogP contribution >= 0.6 is 11.8 Å². The number of hydrogen-bond acceptors (Lipinski definition) is 5. The summed E-state index contributed by atoms with van der Waals surface area (Å²) in [7, 11) is 0. The number of aryl methyl sites for hydroxylation is 1. The Morgan fingerprint density at radius 1 is 1.30 bits per heavy atom. The molecule has 2 rings (SSSR count). The molecule has 2 aromatic rings. The lowest BCUT2D eigenvalue weighted by molar-refractivity contribution is 0.129. The fraction of sp³-hybridized carbons (Fsp3) is 0.467. The quantitative estimate of drug-likeness (QED) is 0.825. The molecule has 1 aromatic carbocycles. The second kappa shape index (κ2) is 6.90. The first-order chi connectivity index (χ1) is 9.60. The Morgan fingerprint density at radius 3 is 2.65 bits per heavy atom. The third kappa shape index (κ3) is 3.84. The van der Waals surface area contributed by atoms with Gasteiger partial charge in [-0.1, -0.05) is 36.7 Å². The minimum Gasteiger partial charge on any atom is -0.392 e. The van der Waals surface area contributed by atoms with Gasteiger partial charge in [-0.2, -0.15) is 4.98 Å². The topological polar surface area (TPSA) is 59.2 Å². The normalized spacial score (nSPS) is 14.2. The van der Waals surface area contributed by atoms with E-state index in [4.69, 9.17) is 4.52 Å². The smallest absolute Gasteiger partial charge is 0.232 e. The molecule has 20 heavy (non-hydrogen) atoms. The molecular formula is C15H20N2O2S. The molecule has 0 amide bonds. The van der Waals surface area contributed by atoms with Crippen molar-refractivity contribution in [2.75, 3.05) is 0 Å². The first-order valence-corrected chi connectivity index (χ1v) is 7.78. The SMILES string of the molecule is CCC(O)C(C)c1nc(CSc2ccc(C)cc2)no1. The molecule has 0 saturated heterocycles. The average Bonchev–Trinajstić information content (AvgIpc) is 2.94. The summed E-state index contributed by atoms with van der Waals surface area (Å²) in [5.41, 5.74) is 1.25. The van der Waals surface area contributed by atoms with Gasteiger partial charge in [0.1, 0.15) is 0 Å². The zero-order chi connectivity index (χ0) is 14.5. The van der Waals surface area contributed by atoms with Crippen molar-refractivity contribution in [3.05, 3.63) is 41.5 Å². The highest BCUT2D eigenvalue weighted by atomic mass is 32.2. The number of hydrogen-bond donors (Lipinski definition) is 1. The average molecular weight is 292 g/mol. The van der Waals surface area contributed by atoms with Crippen LogP contribution in [0.15, 0.2) is 33.7 Å². The molecular weight excluding hydrogens is 272 g/mol. The molecule has 1 N–H and O–H groups in total. The largest absolute Gasteiger partial charge is 0.392 e. The summed E-state index contributed by atoms with van der Waals surface area (Å²) in [6.45, 7) is 5.91. The van der Waals surface area contributed by atoms with E-state index in [1.807, 2.05) is 13.8 Å². The van der Waals surface area contributed by atoms with Crippen molar-refractivity contribution in [1.82, 2.24) is 10.1 Å². The summed E-state index contributed by atoms with van der Waals surface area (Å²) < 4.78 is 5.22. The van der Waals surface area contributed by atoms with Crippen molar-refractivity contribution in [2.45, 2.75) is 49.9 Å². The van der Waals surface area contributed by atoms with Crippen molar-refractivity contribution < 1.29 is 9.63 Å². The maximum atomic E-state index is 9.79. The first-order valence-electron chi connectivity index (χ1n) is 6.80. The van der Waals surface area contributed by atoms with Gasteiger partial charge in [-0.25, -0.2) is 0 Å². The van der Waals surface area contributed by atoms with Crippen LogP contribution in [0.25, 0.3) is 0 Å². The van der Waals surface area contributed by atoms with Crippen molar-refractivity contribution in [3.63, 3.8) is 0 Å². The van der Waals surface area contributed by atoms with E-state index in [9.17, 15) is 5.11 Å². The monoisotopic (exact) mass is 292 g/mol. The molecule has 0 saturated carbocycles. The van der Waals surface area contributed by atoms with E-state index >= 15 is 0 Å². The summed E-state index contributed by atoms with van der Waals surface area (Å²) in [6.07, 6.45) is 0.241. The van der Waals surface area contributed by atoms with Crippen LogP contribution in [0.5, 0.6) is 0 Å². The Bertz CT molecular complexity index is 539. The molecule has 0 radical (unpaired) electrons. The van der Waals surface area contributed by atoms with Crippen molar-refractivity contribution in [3.8, 4) is 0 Å². The van der Waals surface area contributed by atoms with E-state index in [1.165, 1.54) is 10.5 Å². The van der Waals surface area contributed by atoms with Crippen LogP contribution in [0, 0.1) is 6.92 Å². The predicted octanol–water partition coefficient (Wildman–Crippen LogP) is 3.54. The summed E-state index contributed by atoms with van der Waals surface area (Å²) in [5.74, 6) is 1.73. The Morgan fingerprint density at radius 2 is 2.00 bits per heavy atom. The number of rotatable bonds is 6. The fourth-order valence-corrected chi connectivity index (χ4v) is 2.55. The highest BCUT2D eigenvalue weighted by Crippen LogP contribution is 2.24. The second-order valence-electron chi connectivity index (χ2n) is 4.91. The van der Waals surface area contributed by atoms with Crippen LogP contribution in [-0.2, 0) is 5.75 Å². The molecule has 0 aliphatic carbocycles. The van der Waals surface area contributed by atoms with Crippen molar-refractivity contribution in [2.24, 2.45) is 0 Å². The maximum absolute atomic E-state index is 9.79. The molecule has 1 heterocycles. The number of nitrogens with zero attached hydrogens (tertiary/aromatic N) is 2. The lowest BCUT2D eigenvalue weighted by Crippen LogP contribution is -2.14. The Balaban J connectivity index is 1.94. The van der Waals surface area contributed by atoms with Crippen LogP contribution in [0.3, 0.4) is 0 Å². The van der Waals surface area contributed by atoms with Crippen molar-refractivity contribution in [1.29, 1.82) is 0 Å². The van der Waals surface area contributed by atoms with Crippen LogP contribution in [0.4, 0.5) is 0 Å². The molecule has 2 atom stereocenters. The number of benzene rings is 1. The molecule has 1 aromatic heterocycles. The molecule has 2 unspecified atom stereocenters. The number of aliphatic hydroxyl groups excluding tert-OH is 1. The number of thioether (sulfide) groups is 1. The van der Waals surface area contributed by atoms with Gasteiger partial charge in [0.25, 0.3) is 0 Å². The van der Waals surface area contributed by atoms with E-state index in [0.29, 0.717) is 23.9 Å². The van der Waals surface area contributed by atoms with Gasteiger partial charge < -0.3 is 9.63 Å². The van der Waals surface area contributed by atoms with Crippen molar-refractivity contribution >= 4 is 11.8 Å². The van der Waals surface area contributed by atoms with E-state index in [0.717, 1.165) is 0 Å². The zero-order valence-corrected chi connectivity index (χ0v) is 12.9. The Kier molecular flexibility index (Phi) is 5.20. The zero-order valence-electron chi connectivity index (χ0n) is 12.0. The molecule has 5 heteroatoms. The summed E-state index contributed by atoms with van der Waals surface area (Å²) >= 11 is 1.67.